The Bertz CT molecular complexity index is 1160. The van der Waals surface area contributed by atoms with Crippen LogP contribution in [0.2, 0.25) is 0 Å². The summed E-state index contributed by atoms with van der Waals surface area (Å²) in [7, 11) is -3.22. The SMILES string of the molecule is CC(=O)N1c2ccc(-c3ccc(S(=O)(=O)C4CC4)cc3)cc2N(C(=O)C2CC2)CC1C. The Hall–Kier alpha value is -2.67. The second kappa shape index (κ2) is 7.19. The third kappa shape index (κ3) is 3.55. The minimum Gasteiger partial charge on any atom is -0.308 e. The smallest absolute Gasteiger partial charge is 0.230 e. The monoisotopic (exact) mass is 438 g/mol. The molecule has 3 aliphatic rings. The van der Waals surface area contributed by atoms with Gasteiger partial charge in [0.1, 0.15) is 0 Å². The average Bonchev–Trinajstić information content (AvgIpc) is 3.64. The summed E-state index contributed by atoms with van der Waals surface area (Å²) in [4.78, 5) is 29.2. The van der Waals surface area contributed by atoms with Crippen LogP contribution in [0.15, 0.2) is 47.4 Å². The lowest BCUT2D eigenvalue weighted by atomic mass is 10.00. The number of anilines is 2. The lowest BCUT2D eigenvalue weighted by Crippen LogP contribution is -2.51. The maximum Gasteiger partial charge on any atom is 0.230 e. The molecule has 2 aromatic rings. The quantitative estimate of drug-likeness (QED) is 0.728. The van der Waals surface area contributed by atoms with E-state index in [2.05, 4.69) is 0 Å². The Labute approximate surface area is 182 Å². The standard InChI is InChI=1S/C24H26N2O4S/c1-15-14-25(24(28)18-3-4-18)23-13-19(7-12-22(23)26(15)16(2)27)17-5-8-20(9-6-17)31(29,30)21-10-11-21/h5-9,12-13,15,18,21H,3-4,10-11,14H2,1-2H3. The van der Waals surface area contributed by atoms with Gasteiger partial charge in [-0.25, -0.2) is 8.42 Å². The van der Waals surface area contributed by atoms with Crippen LogP contribution in [-0.4, -0.2) is 38.1 Å². The van der Waals surface area contributed by atoms with E-state index in [-0.39, 0.29) is 29.0 Å². The van der Waals surface area contributed by atoms with E-state index in [1.807, 2.05) is 42.2 Å². The summed E-state index contributed by atoms with van der Waals surface area (Å²) in [6.45, 7) is 3.99. The highest BCUT2D eigenvalue weighted by Gasteiger charge is 2.40. The fourth-order valence-corrected chi connectivity index (χ4v) is 6.11. The van der Waals surface area contributed by atoms with Gasteiger partial charge in [0.05, 0.1) is 27.6 Å². The maximum atomic E-state index is 13.0. The van der Waals surface area contributed by atoms with Crippen LogP contribution >= 0.6 is 0 Å². The Kier molecular flexibility index (Phi) is 4.70. The van der Waals surface area contributed by atoms with E-state index in [0.717, 1.165) is 48.2 Å². The van der Waals surface area contributed by atoms with E-state index >= 15 is 0 Å². The number of carbonyl (C=O) groups excluding carboxylic acids is 2. The number of benzene rings is 2. The number of hydrogen-bond donors (Lipinski definition) is 0. The molecule has 2 fully saturated rings. The van der Waals surface area contributed by atoms with Gasteiger partial charge in [0.15, 0.2) is 9.84 Å². The maximum absolute atomic E-state index is 13.0. The summed E-state index contributed by atoms with van der Waals surface area (Å²) in [6, 6.07) is 12.6. The van der Waals surface area contributed by atoms with Crippen molar-refractivity contribution in [1.29, 1.82) is 0 Å². The highest BCUT2D eigenvalue weighted by atomic mass is 32.2. The summed E-state index contributed by atoms with van der Waals surface area (Å²) in [6.07, 6.45) is 3.33. The molecular weight excluding hydrogens is 412 g/mol. The topological polar surface area (TPSA) is 74.8 Å². The molecular formula is C24H26N2O4S. The van der Waals surface area contributed by atoms with E-state index < -0.39 is 9.84 Å². The Morgan fingerprint density at radius 2 is 1.55 bits per heavy atom. The van der Waals surface area contributed by atoms with Crippen molar-refractivity contribution in [2.75, 3.05) is 16.3 Å². The lowest BCUT2D eigenvalue weighted by Gasteiger charge is -2.41. The van der Waals surface area contributed by atoms with Gasteiger partial charge in [-0.2, -0.15) is 0 Å². The molecule has 31 heavy (non-hydrogen) atoms. The normalized spacial score (nSPS) is 21.0. The van der Waals surface area contributed by atoms with Crippen LogP contribution < -0.4 is 9.80 Å². The molecule has 1 unspecified atom stereocenters. The predicted molar refractivity (Wildman–Crippen MR) is 120 cm³/mol. The summed E-state index contributed by atoms with van der Waals surface area (Å²) >= 11 is 0. The highest BCUT2D eigenvalue weighted by Crippen LogP contribution is 2.42. The van der Waals surface area contributed by atoms with Crippen molar-refractivity contribution in [3.05, 3.63) is 42.5 Å². The van der Waals surface area contributed by atoms with Crippen molar-refractivity contribution in [2.45, 2.75) is 55.7 Å². The number of nitrogens with zero attached hydrogens (tertiary/aromatic N) is 2. The van der Waals surface area contributed by atoms with Gasteiger partial charge in [-0.15, -0.1) is 0 Å². The van der Waals surface area contributed by atoms with Crippen LogP contribution in [0, 0.1) is 5.92 Å². The molecule has 0 bridgehead atoms. The van der Waals surface area contributed by atoms with Gasteiger partial charge < -0.3 is 9.80 Å². The minimum atomic E-state index is -3.22. The molecule has 2 saturated carbocycles. The van der Waals surface area contributed by atoms with Crippen molar-refractivity contribution in [1.82, 2.24) is 0 Å². The number of rotatable bonds is 4. The summed E-state index contributed by atoms with van der Waals surface area (Å²) in [5.41, 5.74) is 3.26. The van der Waals surface area contributed by atoms with E-state index in [1.165, 1.54) is 0 Å². The first-order valence-electron chi connectivity index (χ1n) is 10.9. The Balaban J connectivity index is 1.53. The zero-order chi connectivity index (χ0) is 21.9. The predicted octanol–water partition coefficient (Wildman–Crippen LogP) is 3.79. The number of amides is 2. The summed E-state index contributed by atoms with van der Waals surface area (Å²) in [5, 5.41) is -0.233. The first kappa shape index (κ1) is 20.2. The minimum absolute atomic E-state index is 0.0466. The molecule has 2 aromatic carbocycles. The number of carbonyl (C=O) groups is 2. The molecule has 1 atom stereocenters. The largest absolute Gasteiger partial charge is 0.308 e. The number of hydrogen-bond acceptors (Lipinski definition) is 4. The van der Waals surface area contributed by atoms with Crippen LogP contribution in [0.5, 0.6) is 0 Å². The van der Waals surface area contributed by atoms with Crippen molar-refractivity contribution < 1.29 is 18.0 Å². The van der Waals surface area contributed by atoms with Crippen LogP contribution in [0.25, 0.3) is 11.1 Å². The zero-order valence-electron chi connectivity index (χ0n) is 17.7. The van der Waals surface area contributed by atoms with Crippen LogP contribution in [0.4, 0.5) is 11.4 Å². The van der Waals surface area contributed by atoms with E-state index in [4.69, 9.17) is 0 Å². The van der Waals surface area contributed by atoms with Crippen LogP contribution in [0.1, 0.15) is 39.5 Å². The lowest BCUT2D eigenvalue weighted by molar-refractivity contribution is -0.120. The summed E-state index contributed by atoms with van der Waals surface area (Å²) in [5.74, 6) is 0.161. The van der Waals surface area contributed by atoms with Gasteiger partial charge in [-0.3, -0.25) is 9.59 Å². The van der Waals surface area contributed by atoms with Crippen LogP contribution in [0.3, 0.4) is 0 Å². The average molecular weight is 439 g/mol. The second-order valence-electron chi connectivity index (χ2n) is 8.93. The molecule has 6 nitrogen and oxygen atoms in total. The summed E-state index contributed by atoms with van der Waals surface area (Å²) < 4.78 is 24.9. The van der Waals surface area contributed by atoms with Crippen molar-refractivity contribution >= 4 is 33.0 Å². The fourth-order valence-electron chi connectivity index (χ4n) is 4.45. The molecule has 5 rings (SSSR count). The fraction of sp³-hybridized carbons (Fsp3) is 0.417. The van der Waals surface area contributed by atoms with Gasteiger partial charge in [-0.1, -0.05) is 18.2 Å². The molecule has 0 saturated heterocycles. The number of sulfone groups is 1. The van der Waals surface area contributed by atoms with E-state index in [0.29, 0.717) is 11.4 Å². The van der Waals surface area contributed by atoms with Gasteiger partial charge in [0.2, 0.25) is 11.8 Å². The van der Waals surface area contributed by atoms with Gasteiger partial charge >= 0.3 is 0 Å². The van der Waals surface area contributed by atoms with E-state index in [1.54, 1.807) is 24.0 Å². The van der Waals surface area contributed by atoms with Gasteiger partial charge in [-0.05, 0) is 68.0 Å². The van der Waals surface area contributed by atoms with Crippen molar-refractivity contribution in [3.8, 4) is 11.1 Å². The van der Waals surface area contributed by atoms with Crippen molar-refractivity contribution in [2.24, 2.45) is 5.92 Å². The molecule has 0 spiro atoms. The first-order valence-corrected chi connectivity index (χ1v) is 12.4. The first-order chi connectivity index (χ1) is 14.8. The molecule has 2 amide bonds. The zero-order valence-corrected chi connectivity index (χ0v) is 18.6. The van der Waals surface area contributed by atoms with Gasteiger partial charge in [0, 0.05) is 19.4 Å². The second-order valence-corrected chi connectivity index (χ2v) is 11.2. The van der Waals surface area contributed by atoms with Crippen molar-refractivity contribution in [3.63, 3.8) is 0 Å². The van der Waals surface area contributed by atoms with Gasteiger partial charge in [0.25, 0.3) is 0 Å². The molecule has 0 N–H and O–H groups in total. The molecule has 1 aliphatic heterocycles. The molecule has 0 aromatic heterocycles. The third-order valence-corrected chi connectivity index (χ3v) is 8.70. The van der Waals surface area contributed by atoms with Crippen LogP contribution in [-0.2, 0) is 19.4 Å². The van der Waals surface area contributed by atoms with E-state index in [9.17, 15) is 18.0 Å². The molecule has 0 radical (unpaired) electrons. The Morgan fingerprint density at radius 1 is 0.903 bits per heavy atom. The molecule has 7 heteroatoms. The third-order valence-electron chi connectivity index (χ3n) is 6.42. The Morgan fingerprint density at radius 3 is 2.13 bits per heavy atom. The highest BCUT2D eigenvalue weighted by molar-refractivity contribution is 7.92. The molecule has 2 aliphatic carbocycles. The molecule has 1 heterocycles. The number of fused-ring (bicyclic) bond motifs is 1. The molecule has 162 valence electrons.